The maximum atomic E-state index is 3.92. The molecule has 0 rings (SSSR count). The van der Waals surface area contributed by atoms with Crippen molar-refractivity contribution in [2.24, 2.45) is 0 Å². The molecule has 0 amide bonds. The summed E-state index contributed by atoms with van der Waals surface area (Å²) in [6, 6.07) is 0. The van der Waals surface area contributed by atoms with Gasteiger partial charge in [-0.05, 0) is 24.8 Å². The lowest BCUT2D eigenvalue weighted by molar-refractivity contribution is 0.722. The van der Waals surface area contributed by atoms with Gasteiger partial charge in [-0.25, -0.2) is 0 Å². The van der Waals surface area contributed by atoms with Crippen molar-refractivity contribution in [3.05, 3.63) is 12.2 Å². The van der Waals surface area contributed by atoms with Crippen LogP contribution < -0.4 is 0 Å². The van der Waals surface area contributed by atoms with Gasteiger partial charge >= 0.3 is 0 Å². The maximum absolute atomic E-state index is 3.92. The second-order valence-electron chi connectivity index (χ2n) is 3.11. The van der Waals surface area contributed by atoms with Gasteiger partial charge in [-0.3, -0.25) is 0 Å². The molecule has 0 aromatic carbocycles. The molecule has 0 unspecified atom stereocenters. The first-order valence-electron chi connectivity index (χ1n) is 4.97. The van der Waals surface area contributed by atoms with Crippen LogP contribution in [-0.4, -0.2) is 0 Å². The van der Waals surface area contributed by atoms with Crippen LogP contribution >= 0.6 is 0 Å². The quantitative estimate of drug-likeness (QED) is 0.426. The van der Waals surface area contributed by atoms with Crippen LogP contribution in [0.2, 0.25) is 0 Å². The Labute approximate surface area is 77.1 Å². The van der Waals surface area contributed by atoms with Gasteiger partial charge in [0.25, 0.3) is 0 Å². The largest absolute Gasteiger partial charge is 0.0983 e. The summed E-state index contributed by atoms with van der Waals surface area (Å²) in [4.78, 5) is 0. The van der Waals surface area contributed by atoms with Crippen molar-refractivity contribution in [1.29, 1.82) is 0 Å². The Morgan fingerprint density at radius 1 is 1.17 bits per heavy atom. The van der Waals surface area contributed by atoms with Crippen LogP contribution in [0.5, 0.6) is 0 Å². The third-order valence-corrected chi connectivity index (χ3v) is 1.72. The van der Waals surface area contributed by atoms with Crippen LogP contribution in [-0.2, 0) is 0 Å². The van der Waals surface area contributed by atoms with Crippen LogP contribution in [0.25, 0.3) is 0 Å². The van der Waals surface area contributed by atoms with E-state index in [0.717, 1.165) is 24.8 Å². The molecule has 68 valence electrons. The third-order valence-electron chi connectivity index (χ3n) is 1.72. The standard InChI is InChI=1S/C12H20/c1-4-6-8-10-12(3)11-9-7-5-2/h3-8,10H2,1-2H3. The van der Waals surface area contributed by atoms with E-state index in [1.165, 1.54) is 19.3 Å². The number of hydrogen-bond acceptors (Lipinski definition) is 0. The summed E-state index contributed by atoms with van der Waals surface area (Å²) in [5, 5.41) is 0. The van der Waals surface area contributed by atoms with Gasteiger partial charge in [0, 0.05) is 6.42 Å². The van der Waals surface area contributed by atoms with Gasteiger partial charge in [-0.15, -0.1) is 0 Å². The predicted molar refractivity (Wildman–Crippen MR) is 56.0 cm³/mol. The molecule has 0 aromatic heterocycles. The fourth-order valence-corrected chi connectivity index (χ4v) is 0.963. The van der Waals surface area contributed by atoms with Crippen molar-refractivity contribution in [2.75, 3.05) is 0 Å². The lowest BCUT2D eigenvalue weighted by atomic mass is 10.1. The minimum Gasteiger partial charge on any atom is -0.0983 e. The fourth-order valence-electron chi connectivity index (χ4n) is 0.963. The van der Waals surface area contributed by atoms with Crippen LogP contribution in [0.3, 0.4) is 0 Å². The highest BCUT2D eigenvalue weighted by atomic mass is 13.9. The zero-order valence-corrected chi connectivity index (χ0v) is 8.45. The fraction of sp³-hybridized carbons (Fsp3) is 0.667. The van der Waals surface area contributed by atoms with E-state index in [2.05, 4.69) is 32.3 Å². The minimum absolute atomic E-state index is 1.01. The third kappa shape index (κ3) is 7.41. The zero-order chi connectivity index (χ0) is 9.23. The molecule has 0 fully saturated rings. The highest BCUT2D eigenvalue weighted by molar-refractivity contribution is 5.25. The lowest BCUT2D eigenvalue weighted by Crippen LogP contribution is -1.78. The Hall–Kier alpha value is -0.700. The molecule has 0 bridgehead atoms. The van der Waals surface area contributed by atoms with Crippen molar-refractivity contribution >= 4 is 0 Å². The van der Waals surface area contributed by atoms with Crippen molar-refractivity contribution < 1.29 is 0 Å². The topological polar surface area (TPSA) is 0 Å². The van der Waals surface area contributed by atoms with E-state index < -0.39 is 0 Å². The van der Waals surface area contributed by atoms with Crippen molar-refractivity contribution in [3.63, 3.8) is 0 Å². The smallest absolute Gasteiger partial charge is 0.00897 e. The molecular weight excluding hydrogens is 144 g/mol. The summed E-state index contributed by atoms with van der Waals surface area (Å²) in [7, 11) is 0. The molecular formula is C12H20. The molecule has 0 radical (unpaired) electrons. The Kier molecular flexibility index (Phi) is 7.91. The van der Waals surface area contributed by atoms with Gasteiger partial charge in [0.15, 0.2) is 0 Å². The number of allylic oxidation sites excluding steroid dienone is 1. The first-order valence-corrected chi connectivity index (χ1v) is 4.97. The van der Waals surface area contributed by atoms with Crippen LogP contribution in [0.1, 0.15) is 52.4 Å². The highest BCUT2D eigenvalue weighted by Gasteiger charge is 1.88. The van der Waals surface area contributed by atoms with E-state index in [4.69, 9.17) is 0 Å². The summed E-state index contributed by atoms with van der Waals surface area (Å²) in [5.74, 6) is 6.21. The summed E-state index contributed by atoms with van der Waals surface area (Å²) < 4.78 is 0. The minimum atomic E-state index is 1.01. The SMILES string of the molecule is C=C(C#CCCC)CCCCC. The number of unbranched alkanes of at least 4 members (excludes halogenated alkanes) is 3. The van der Waals surface area contributed by atoms with Crippen molar-refractivity contribution in [1.82, 2.24) is 0 Å². The second-order valence-corrected chi connectivity index (χ2v) is 3.11. The molecule has 0 aliphatic carbocycles. The molecule has 0 saturated heterocycles. The summed E-state index contributed by atoms with van der Waals surface area (Å²) >= 11 is 0. The van der Waals surface area contributed by atoms with Gasteiger partial charge in [-0.1, -0.05) is 45.1 Å². The van der Waals surface area contributed by atoms with E-state index in [0.29, 0.717) is 0 Å². The molecule has 12 heavy (non-hydrogen) atoms. The van der Waals surface area contributed by atoms with E-state index in [9.17, 15) is 0 Å². The average Bonchev–Trinajstić information content (AvgIpc) is 2.06. The Morgan fingerprint density at radius 3 is 2.50 bits per heavy atom. The Bertz CT molecular complexity index is 166. The summed E-state index contributed by atoms with van der Waals surface area (Å²) in [5.41, 5.74) is 1.11. The Balaban J connectivity index is 3.41. The van der Waals surface area contributed by atoms with Crippen molar-refractivity contribution in [2.45, 2.75) is 52.4 Å². The highest BCUT2D eigenvalue weighted by Crippen LogP contribution is 2.05. The van der Waals surface area contributed by atoms with Crippen LogP contribution in [0.15, 0.2) is 12.2 Å². The van der Waals surface area contributed by atoms with Crippen LogP contribution in [0.4, 0.5) is 0 Å². The molecule has 0 aromatic rings. The summed E-state index contributed by atoms with van der Waals surface area (Å²) in [6.07, 6.45) is 7.06. The van der Waals surface area contributed by atoms with Gasteiger partial charge in [-0.2, -0.15) is 0 Å². The van der Waals surface area contributed by atoms with E-state index >= 15 is 0 Å². The summed E-state index contributed by atoms with van der Waals surface area (Å²) in [6.45, 7) is 8.29. The second kappa shape index (κ2) is 8.40. The van der Waals surface area contributed by atoms with Gasteiger partial charge in [0.2, 0.25) is 0 Å². The molecule has 0 heteroatoms. The monoisotopic (exact) mass is 164 g/mol. The molecule has 0 aliphatic heterocycles. The maximum Gasteiger partial charge on any atom is 0.00897 e. The normalized spacial score (nSPS) is 8.83. The molecule has 0 saturated carbocycles. The molecule has 0 atom stereocenters. The number of hydrogen-bond donors (Lipinski definition) is 0. The molecule has 0 nitrogen and oxygen atoms in total. The van der Waals surface area contributed by atoms with Gasteiger partial charge in [0.1, 0.15) is 0 Å². The zero-order valence-electron chi connectivity index (χ0n) is 8.45. The lowest BCUT2D eigenvalue weighted by Gasteiger charge is -1.95. The van der Waals surface area contributed by atoms with Crippen molar-refractivity contribution in [3.8, 4) is 11.8 Å². The van der Waals surface area contributed by atoms with Gasteiger partial charge in [0.05, 0.1) is 0 Å². The molecule has 0 N–H and O–H groups in total. The Morgan fingerprint density at radius 2 is 1.92 bits per heavy atom. The first kappa shape index (κ1) is 11.3. The van der Waals surface area contributed by atoms with Crippen LogP contribution in [0, 0.1) is 11.8 Å². The first-order chi connectivity index (χ1) is 5.81. The van der Waals surface area contributed by atoms with E-state index in [1.807, 2.05) is 0 Å². The van der Waals surface area contributed by atoms with E-state index in [1.54, 1.807) is 0 Å². The average molecular weight is 164 g/mol. The van der Waals surface area contributed by atoms with Gasteiger partial charge < -0.3 is 0 Å². The van der Waals surface area contributed by atoms with E-state index in [-0.39, 0.29) is 0 Å². The number of rotatable bonds is 5. The molecule has 0 spiro atoms. The molecule has 0 heterocycles. The predicted octanol–water partition coefficient (Wildman–Crippen LogP) is 3.93. The molecule has 0 aliphatic rings.